The van der Waals surface area contributed by atoms with Gasteiger partial charge < -0.3 is 20.9 Å². The molecule has 0 unspecified atom stereocenters. The molecule has 4 N–H and O–H groups in total. The van der Waals surface area contributed by atoms with Crippen molar-refractivity contribution in [3.63, 3.8) is 0 Å². The van der Waals surface area contributed by atoms with Crippen molar-refractivity contribution in [1.82, 2.24) is 5.32 Å². The van der Waals surface area contributed by atoms with E-state index in [4.69, 9.17) is 15.6 Å². The molecule has 0 radical (unpaired) electrons. The summed E-state index contributed by atoms with van der Waals surface area (Å²) in [5, 5.41) is 11.2. The molecule has 0 aromatic heterocycles. The van der Waals surface area contributed by atoms with Crippen molar-refractivity contribution in [3.05, 3.63) is 0 Å². The zero-order chi connectivity index (χ0) is 15.3. The highest BCUT2D eigenvalue weighted by molar-refractivity contribution is 5.67. The Hall–Kier alpha value is -1.02. The fourth-order valence-electron chi connectivity index (χ4n) is 1.24. The van der Waals surface area contributed by atoms with E-state index in [0.717, 1.165) is 0 Å². The standard InChI is InChI=1S/C11H21F3N2O3/c1-10(2,3)19-9(18)16-6-4-5-7(15)8(17)11(12,13)14/h7-8,17H,4-6,15H2,1-3H3,(H,16,18)/t7-,8+/m1/s1. The molecule has 1 amide bonds. The topological polar surface area (TPSA) is 84.6 Å². The van der Waals surface area contributed by atoms with Gasteiger partial charge in [0, 0.05) is 12.6 Å². The normalized spacial score (nSPS) is 15.8. The first-order valence-electron chi connectivity index (χ1n) is 5.90. The van der Waals surface area contributed by atoms with Crippen LogP contribution in [-0.2, 0) is 4.74 Å². The number of aliphatic hydroxyl groups excluding tert-OH is 1. The fraction of sp³-hybridized carbons (Fsp3) is 0.909. The van der Waals surface area contributed by atoms with Crippen LogP contribution in [0.3, 0.4) is 0 Å². The summed E-state index contributed by atoms with van der Waals surface area (Å²) < 4.78 is 41.2. The fourth-order valence-corrected chi connectivity index (χ4v) is 1.24. The minimum Gasteiger partial charge on any atom is -0.444 e. The van der Waals surface area contributed by atoms with Gasteiger partial charge in [0.25, 0.3) is 0 Å². The van der Waals surface area contributed by atoms with Crippen LogP contribution in [0, 0.1) is 0 Å². The number of hydrogen-bond donors (Lipinski definition) is 3. The second-order valence-electron chi connectivity index (χ2n) is 5.22. The van der Waals surface area contributed by atoms with Crippen LogP contribution in [-0.4, -0.2) is 41.7 Å². The van der Waals surface area contributed by atoms with Crippen LogP contribution in [0.15, 0.2) is 0 Å². The Morgan fingerprint density at radius 2 is 1.89 bits per heavy atom. The van der Waals surface area contributed by atoms with Crippen molar-refractivity contribution >= 4 is 6.09 Å². The van der Waals surface area contributed by atoms with Gasteiger partial charge in [-0.05, 0) is 33.6 Å². The van der Waals surface area contributed by atoms with Crippen molar-refractivity contribution in [3.8, 4) is 0 Å². The molecule has 8 heteroatoms. The van der Waals surface area contributed by atoms with Crippen molar-refractivity contribution in [1.29, 1.82) is 0 Å². The summed E-state index contributed by atoms with van der Waals surface area (Å²) in [5.41, 5.74) is 4.58. The van der Waals surface area contributed by atoms with Crippen LogP contribution in [0.4, 0.5) is 18.0 Å². The highest BCUT2D eigenvalue weighted by Crippen LogP contribution is 2.23. The molecule has 0 aliphatic heterocycles. The van der Waals surface area contributed by atoms with Gasteiger partial charge in [-0.25, -0.2) is 4.79 Å². The molecule has 114 valence electrons. The lowest BCUT2D eigenvalue weighted by Gasteiger charge is -2.22. The smallest absolute Gasteiger partial charge is 0.415 e. The highest BCUT2D eigenvalue weighted by atomic mass is 19.4. The number of alkyl halides is 3. The minimum atomic E-state index is -4.72. The molecule has 0 saturated carbocycles. The van der Waals surface area contributed by atoms with Gasteiger partial charge in [0.05, 0.1) is 0 Å². The molecule has 0 saturated heterocycles. The summed E-state index contributed by atoms with van der Waals surface area (Å²) >= 11 is 0. The van der Waals surface area contributed by atoms with Gasteiger partial charge in [-0.1, -0.05) is 0 Å². The van der Waals surface area contributed by atoms with Crippen LogP contribution in [0.2, 0.25) is 0 Å². The second kappa shape index (κ2) is 6.95. The third-order valence-electron chi connectivity index (χ3n) is 2.12. The van der Waals surface area contributed by atoms with Crippen molar-refractivity contribution < 1.29 is 27.8 Å². The van der Waals surface area contributed by atoms with Gasteiger partial charge in [-0.2, -0.15) is 13.2 Å². The number of nitrogens with one attached hydrogen (secondary N) is 1. The number of carbonyl (C=O) groups is 1. The molecule has 0 aliphatic rings. The van der Waals surface area contributed by atoms with E-state index in [0.29, 0.717) is 0 Å². The zero-order valence-corrected chi connectivity index (χ0v) is 11.3. The predicted molar refractivity (Wildman–Crippen MR) is 63.5 cm³/mol. The minimum absolute atomic E-state index is 0.0591. The highest BCUT2D eigenvalue weighted by Gasteiger charge is 2.41. The molecular weight excluding hydrogens is 265 g/mol. The van der Waals surface area contributed by atoms with E-state index in [1.54, 1.807) is 20.8 Å². The number of hydrogen-bond acceptors (Lipinski definition) is 4. The van der Waals surface area contributed by atoms with E-state index in [-0.39, 0.29) is 19.4 Å². The van der Waals surface area contributed by atoms with Gasteiger partial charge in [-0.3, -0.25) is 0 Å². The van der Waals surface area contributed by atoms with Crippen LogP contribution in [0.5, 0.6) is 0 Å². The number of rotatable bonds is 5. The largest absolute Gasteiger partial charge is 0.444 e. The maximum Gasteiger partial charge on any atom is 0.415 e. The van der Waals surface area contributed by atoms with Gasteiger partial charge in [0.2, 0.25) is 0 Å². The lowest BCUT2D eigenvalue weighted by atomic mass is 10.1. The Kier molecular flexibility index (Phi) is 6.58. The van der Waals surface area contributed by atoms with E-state index >= 15 is 0 Å². The SMILES string of the molecule is CC(C)(C)OC(=O)NCCC[C@@H](N)[C@H](O)C(F)(F)F. The molecule has 0 aromatic carbocycles. The first kappa shape index (κ1) is 18.0. The van der Waals surface area contributed by atoms with Crippen LogP contribution in [0.25, 0.3) is 0 Å². The van der Waals surface area contributed by atoms with Crippen LogP contribution < -0.4 is 11.1 Å². The molecule has 0 rings (SSSR count). The number of amides is 1. The molecule has 5 nitrogen and oxygen atoms in total. The Labute approximate surface area is 110 Å². The summed E-state index contributed by atoms with van der Waals surface area (Å²) in [6, 6.07) is -1.40. The maximum absolute atomic E-state index is 12.1. The molecule has 0 bridgehead atoms. The van der Waals surface area contributed by atoms with Gasteiger partial charge >= 0.3 is 12.3 Å². The van der Waals surface area contributed by atoms with Crippen LogP contribution in [0.1, 0.15) is 33.6 Å². The van der Waals surface area contributed by atoms with Gasteiger partial charge in [-0.15, -0.1) is 0 Å². The molecule has 0 fully saturated rings. The second-order valence-corrected chi connectivity index (χ2v) is 5.22. The predicted octanol–water partition coefficient (Wildman–Crippen LogP) is 1.54. The molecule has 19 heavy (non-hydrogen) atoms. The molecule has 0 spiro atoms. The zero-order valence-electron chi connectivity index (χ0n) is 11.3. The first-order valence-corrected chi connectivity index (χ1v) is 5.90. The molecular formula is C11H21F3N2O3. The van der Waals surface area contributed by atoms with E-state index in [2.05, 4.69) is 5.32 Å². The molecule has 0 aliphatic carbocycles. The Balaban J connectivity index is 3.84. The van der Waals surface area contributed by atoms with E-state index in [9.17, 15) is 18.0 Å². The third kappa shape index (κ3) is 8.66. The lowest BCUT2D eigenvalue weighted by molar-refractivity contribution is -0.209. The van der Waals surface area contributed by atoms with Gasteiger partial charge in [0.1, 0.15) is 5.60 Å². The third-order valence-corrected chi connectivity index (χ3v) is 2.12. The Morgan fingerprint density at radius 1 is 1.37 bits per heavy atom. The first-order chi connectivity index (χ1) is 8.43. The van der Waals surface area contributed by atoms with Crippen molar-refractivity contribution in [2.45, 2.75) is 57.5 Å². The molecule has 2 atom stereocenters. The average Bonchev–Trinajstić information content (AvgIpc) is 2.19. The number of nitrogens with two attached hydrogens (primary N) is 1. The number of alkyl carbamates (subject to hydrolysis) is 1. The number of aliphatic hydroxyl groups is 1. The van der Waals surface area contributed by atoms with Crippen molar-refractivity contribution in [2.24, 2.45) is 5.73 Å². The van der Waals surface area contributed by atoms with E-state index < -0.39 is 30.0 Å². The average molecular weight is 286 g/mol. The Morgan fingerprint density at radius 3 is 2.32 bits per heavy atom. The summed E-state index contributed by atoms with van der Waals surface area (Å²) in [6.45, 7) is 5.22. The van der Waals surface area contributed by atoms with E-state index in [1.807, 2.05) is 0 Å². The molecule has 0 heterocycles. The monoisotopic (exact) mass is 286 g/mol. The van der Waals surface area contributed by atoms with Crippen molar-refractivity contribution in [2.75, 3.05) is 6.54 Å². The number of ether oxygens (including phenoxy) is 1. The molecule has 0 aromatic rings. The summed E-state index contributed by atoms with van der Waals surface area (Å²) in [7, 11) is 0. The summed E-state index contributed by atoms with van der Waals surface area (Å²) in [6.07, 6.45) is -7.76. The Bertz CT molecular complexity index is 290. The summed E-state index contributed by atoms with van der Waals surface area (Å²) in [5.74, 6) is 0. The van der Waals surface area contributed by atoms with Gasteiger partial charge in [0.15, 0.2) is 6.10 Å². The summed E-state index contributed by atoms with van der Waals surface area (Å²) in [4.78, 5) is 11.2. The maximum atomic E-state index is 12.1. The lowest BCUT2D eigenvalue weighted by Crippen LogP contribution is -2.45. The number of halogens is 3. The quantitative estimate of drug-likeness (QED) is 0.669. The number of carbonyl (C=O) groups excluding carboxylic acids is 1. The van der Waals surface area contributed by atoms with E-state index in [1.165, 1.54) is 0 Å². The van der Waals surface area contributed by atoms with Crippen LogP contribution >= 0.6 is 0 Å².